The molecule has 3 amide bonds. The average molecular weight is 279 g/mol. The number of primary amides is 1. The molecule has 2 atom stereocenters. The number of nitrogens with one attached hydrogen (secondary N) is 2. The highest BCUT2D eigenvalue weighted by atomic mass is 16.5. The third kappa shape index (κ3) is 4.89. The van der Waals surface area contributed by atoms with Gasteiger partial charge >= 0.3 is 6.03 Å². The minimum Gasteiger partial charge on any atom is -0.494 e. The van der Waals surface area contributed by atoms with Crippen LogP contribution in [0, 0.1) is 0 Å². The normalized spacial score (nSPS) is 13.3. The zero-order valence-electron chi connectivity index (χ0n) is 12.0. The zero-order chi connectivity index (χ0) is 15.1. The van der Waals surface area contributed by atoms with Crippen LogP contribution in [-0.2, 0) is 4.79 Å². The van der Waals surface area contributed by atoms with Gasteiger partial charge in [0, 0.05) is 6.04 Å². The molecular formula is C14H21N3O3. The Hall–Kier alpha value is -2.08. The largest absolute Gasteiger partial charge is 0.494 e. The molecule has 0 spiro atoms. The van der Waals surface area contributed by atoms with Crippen LogP contribution in [0.5, 0.6) is 5.75 Å². The molecule has 0 bridgehead atoms. The Morgan fingerprint density at radius 3 is 2.65 bits per heavy atom. The lowest BCUT2D eigenvalue weighted by Gasteiger charge is -2.19. The monoisotopic (exact) mass is 279 g/mol. The number of amides is 3. The summed E-state index contributed by atoms with van der Waals surface area (Å²) in [6.07, 6.45) is 0. The standard InChI is InChI=1S/C14H21N3O3/c1-4-20-12-7-5-6-11(8-12)9(2)16-10(3)13(18)17-14(15)19/h5-10,16H,4H2,1-3H3,(H3,15,17,18,19)/t9-,10+/m1/s1. The van der Waals surface area contributed by atoms with Crippen molar-refractivity contribution in [3.05, 3.63) is 29.8 Å². The molecule has 4 N–H and O–H groups in total. The first-order valence-corrected chi connectivity index (χ1v) is 6.53. The molecule has 0 radical (unpaired) electrons. The minimum atomic E-state index is -0.852. The van der Waals surface area contributed by atoms with Gasteiger partial charge in [0.25, 0.3) is 0 Å². The summed E-state index contributed by atoms with van der Waals surface area (Å²) in [5, 5.41) is 5.14. The van der Waals surface area contributed by atoms with Crippen LogP contribution >= 0.6 is 0 Å². The van der Waals surface area contributed by atoms with Crippen LogP contribution in [0.2, 0.25) is 0 Å². The maximum absolute atomic E-state index is 11.6. The Morgan fingerprint density at radius 2 is 2.05 bits per heavy atom. The predicted molar refractivity (Wildman–Crippen MR) is 76.3 cm³/mol. The Morgan fingerprint density at radius 1 is 1.35 bits per heavy atom. The molecule has 1 rings (SSSR count). The second-order valence-electron chi connectivity index (χ2n) is 4.47. The number of carbonyl (C=O) groups is 2. The van der Waals surface area contributed by atoms with Gasteiger partial charge in [-0.1, -0.05) is 12.1 Å². The molecule has 0 saturated carbocycles. The van der Waals surface area contributed by atoms with Crippen molar-refractivity contribution >= 4 is 11.9 Å². The van der Waals surface area contributed by atoms with E-state index in [9.17, 15) is 9.59 Å². The Balaban J connectivity index is 2.65. The maximum Gasteiger partial charge on any atom is 0.318 e. The van der Waals surface area contributed by atoms with Gasteiger partial charge in [0.2, 0.25) is 5.91 Å². The Bertz CT molecular complexity index is 476. The van der Waals surface area contributed by atoms with Gasteiger partial charge < -0.3 is 10.5 Å². The number of imide groups is 1. The number of hydrogen-bond acceptors (Lipinski definition) is 4. The van der Waals surface area contributed by atoms with Crippen LogP contribution in [-0.4, -0.2) is 24.6 Å². The number of carbonyl (C=O) groups excluding carboxylic acids is 2. The number of benzene rings is 1. The highest BCUT2D eigenvalue weighted by Gasteiger charge is 2.17. The van der Waals surface area contributed by atoms with Gasteiger partial charge in [-0.2, -0.15) is 0 Å². The van der Waals surface area contributed by atoms with E-state index in [0.29, 0.717) is 6.61 Å². The van der Waals surface area contributed by atoms with E-state index in [1.807, 2.05) is 43.4 Å². The summed E-state index contributed by atoms with van der Waals surface area (Å²) in [6, 6.07) is 6.18. The maximum atomic E-state index is 11.6. The summed E-state index contributed by atoms with van der Waals surface area (Å²) in [6.45, 7) is 6.12. The van der Waals surface area contributed by atoms with Gasteiger partial charge in [-0.3, -0.25) is 15.4 Å². The molecule has 0 aromatic heterocycles. The van der Waals surface area contributed by atoms with E-state index < -0.39 is 18.0 Å². The first kappa shape index (κ1) is 16.0. The fourth-order valence-corrected chi connectivity index (χ4v) is 1.82. The molecular weight excluding hydrogens is 258 g/mol. The molecule has 0 aliphatic carbocycles. The summed E-state index contributed by atoms with van der Waals surface area (Å²) >= 11 is 0. The SMILES string of the molecule is CCOc1cccc([C@@H](C)N[C@@H](C)C(=O)NC(N)=O)c1. The van der Waals surface area contributed by atoms with Gasteiger partial charge in [-0.15, -0.1) is 0 Å². The van der Waals surface area contributed by atoms with Crippen LogP contribution in [0.1, 0.15) is 32.4 Å². The molecule has 20 heavy (non-hydrogen) atoms. The lowest BCUT2D eigenvalue weighted by Crippen LogP contribution is -2.47. The summed E-state index contributed by atoms with van der Waals surface area (Å²) in [7, 11) is 0. The van der Waals surface area contributed by atoms with E-state index in [1.165, 1.54) is 0 Å². The van der Waals surface area contributed by atoms with Crippen molar-refractivity contribution in [2.24, 2.45) is 5.73 Å². The van der Waals surface area contributed by atoms with Gasteiger partial charge in [-0.05, 0) is 38.5 Å². The first-order chi connectivity index (χ1) is 9.43. The molecule has 1 aromatic rings. The molecule has 110 valence electrons. The third-order valence-electron chi connectivity index (χ3n) is 2.81. The van der Waals surface area contributed by atoms with Crippen molar-refractivity contribution in [3.63, 3.8) is 0 Å². The van der Waals surface area contributed by atoms with Crippen molar-refractivity contribution < 1.29 is 14.3 Å². The highest BCUT2D eigenvalue weighted by molar-refractivity contribution is 5.96. The second-order valence-corrected chi connectivity index (χ2v) is 4.47. The van der Waals surface area contributed by atoms with Crippen molar-refractivity contribution in [2.45, 2.75) is 32.9 Å². The molecule has 0 saturated heterocycles. The average Bonchev–Trinajstić information content (AvgIpc) is 2.38. The number of urea groups is 1. The van der Waals surface area contributed by atoms with Crippen LogP contribution in [0.4, 0.5) is 4.79 Å². The molecule has 0 aliphatic heterocycles. The number of ether oxygens (including phenoxy) is 1. The quantitative estimate of drug-likeness (QED) is 0.732. The first-order valence-electron chi connectivity index (χ1n) is 6.53. The fourth-order valence-electron chi connectivity index (χ4n) is 1.82. The third-order valence-corrected chi connectivity index (χ3v) is 2.81. The Kier molecular flexibility index (Phi) is 5.99. The summed E-state index contributed by atoms with van der Waals surface area (Å²) in [5.41, 5.74) is 5.91. The van der Waals surface area contributed by atoms with Crippen LogP contribution < -0.4 is 21.1 Å². The van der Waals surface area contributed by atoms with Crippen molar-refractivity contribution in [2.75, 3.05) is 6.61 Å². The van der Waals surface area contributed by atoms with Gasteiger partial charge in [-0.25, -0.2) is 4.79 Å². The predicted octanol–water partition coefficient (Wildman–Crippen LogP) is 1.32. The van der Waals surface area contributed by atoms with Gasteiger partial charge in [0.05, 0.1) is 12.6 Å². The second kappa shape index (κ2) is 7.49. The van der Waals surface area contributed by atoms with Crippen molar-refractivity contribution in [1.82, 2.24) is 10.6 Å². The lowest BCUT2D eigenvalue weighted by molar-refractivity contribution is -0.121. The summed E-state index contributed by atoms with van der Waals surface area (Å²) < 4.78 is 5.43. The smallest absolute Gasteiger partial charge is 0.318 e. The van der Waals surface area contributed by atoms with Crippen molar-refractivity contribution in [1.29, 1.82) is 0 Å². The number of rotatable bonds is 6. The molecule has 0 fully saturated rings. The number of nitrogens with two attached hydrogens (primary N) is 1. The van der Waals surface area contributed by atoms with E-state index in [4.69, 9.17) is 10.5 Å². The molecule has 6 heteroatoms. The zero-order valence-corrected chi connectivity index (χ0v) is 12.0. The van der Waals surface area contributed by atoms with Gasteiger partial charge in [0.15, 0.2) is 0 Å². The van der Waals surface area contributed by atoms with Crippen LogP contribution in [0.15, 0.2) is 24.3 Å². The topological polar surface area (TPSA) is 93.4 Å². The number of hydrogen-bond donors (Lipinski definition) is 3. The minimum absolute atomic E-state index is 0.0657. The highest BCUT2D eigenvalue weighted by Crippen LogP contribution is 2.19. The van der Waals surface area contributed by atoms with Crippen LogP contribution in [0.25, 0.3) is 0 Å². The van der Waals surface area contributed by atoms with Gasteiger partial charge in [0.1, 0.15) is 5.75 Å². The summed E-state index contributed by atoms with van der Waals surface area (Å²) in [4.78, 5) is 22.2. The molecule has 1 aromatic carbocycles. The van der Waals surface area contributed by atoms with E-state index in [1.54, 1.807) is 6.92 Å². The van der Waals surface area contributed by atoms with Crippen molar-refractivity contribution in [3.8, 4) is 5.75 Å². The van der Waals surface area contributed by atoms with E-state index in [0.717, 1.165) is 11.3 Å². The molecule has 0 aliphatic rings. The summed E-state index contributed by atoms with van der Waals surface area (Å²) in [5.74, 6) is 0.332. The van der Waals surface area contributed by atoms with E-state index >= 15 is 0 Å². The van der Waals surface area contributed by atoms with E-state index in [-0.39, 0.29) is 6.04 Å². The molecule has 6 nitrogen and oxygen atoms in total. The van der Waals surface area contributed by atoms with E-state index in [2.05, 4.69) is 5.32 Å². The molecule has 0 unspecified atom stereocenters. The Labute approximate surface area is 118 Å². The fraction of sp³-hybridized carbons (Fsp3) is 0.429. The van der Waals surface area contributed by atoms with Crippen LogP contribution in [0.3, 0.4) is 0 Å². The molecule has 0 heterocycles. The lowest BCUT2D eigenvalue weighted by atomic mass is 10.1.